The van der Waals surface area contributed by atoms with Crippen LogP contribution in [0.5, 0.6) is 17.2 Å². The lowest BCUT2D eigenvalue weighted by Gasteiger charge is -2.14. The summed E-state index contributed by atoms with van der Waals surface area (Å²) in [6, 6.07) is 9.41. The highest BCUT2D eigenvalue weighted by Gasteiger charge is 2.11. The average Bonchev–Trinajstić information content (AvgIpc) is 2.92. The van der Waals surface area contributed by atoms with Gasteiger partial charge in [-0.25, -0.2) is 4.98 Å². The molecule has 2 aromatic heterocycles. The summed E-state index contributed by atoms with van der Waals surface area (Å²) in [5.41, 5.74) is 6.79. The van der Waals surface area contributed by atoms with Crippen molar-refractivity contribution >= 4 is 16.7 Å². The van der Waals surface area contributed by atoms with Crippen molar-refractivity contribution in [2.24, 2.45) is 7.05 Å². The molecule has 2 N–H and O–H groups in total. The number of rotatable bonds is 7. The number of fused-ring (bicyclic) bond motifs is 1. The quantitative estimate of drug-likeness (QED) is 0.674. The van der Waals surface area contributed by atoms with Crippen molar-refractivity contribution in [3.05, 3.63) is 42.7 Å². The Labute approximate surface area is 140 Å². The Morgan fingerprint density at radius 3 is 2.79 bits per heavy atom. The lowest BCUT2D eigenvalue weighted by atomic mass is 10.2. The van der Waals surface area contributed by atoms with E-state index in [2.05, 4.69) is 4.98 Å². The highest BCUT2D eigenvalue weighted by atomic mass is 16.5. The van der Waals surface area contributed by atoms with Crippen molar-refractivity contribution in [2.45, 2.75) is 6.92 Å². The third-order valence-corrected chi connectivity index (χ3v) is 3.62. The normalized spacial score (nSPS) is 10.9. The van der Waals surface area contributed by atoms with Gasteiger partial charge in [-0.15, -0.1) is 0 Å². The summed E-state index contributed by atoms with van der Waals surface area (Å²) in [5.74, 6) is 2.33. The largest absolute Gasteiger partial charge is 0.487 e. The summed E-state index contributed by atoms with van der Waals surface area (Å²) < 4.78 is 19.2. The molecule has 0 saturated carbocycles. The minimum absolute atomic E-state index is 0.409. The van der Waals surface area contributed by atoms with E-state index >= 15 is 0 Å². The zero-order chi connectivity index (χ0) is 16.9. The first-order valence-corrected chi connectivity index (χ1v) is 7.86. The van der Waals surface area contributed by atoms with Crippen LogP contribution in [0.3, 0.4) is 0 Å². The van der Waals surface area contributed by atoms with E-state index in [9.17, 15) is 0 Å². The smallest absolute Gasteiger partial charge is 0.170 e. The van der Waals surface area contributed by atoms with Crippen LogP contribution in [0.25, 0.3) is 10.9 Å². The lowest BCUT2D eigenvalue weighted by Crippen LogP contribution is -2.07. The number of nitrogens with zero attached hydrogens (tertiary/aromatic N) is 2. The number of ether oxygens (including phenoxy) is 3. The molecular weight excluding hydrogens is 306 g/mol. The van der Waals surface area contributed by atoms with Gasteiger partial charge in [0.25, 0.3) is 0 Å². The molecule has 3 aromatic rings. The standard InChI is InChI=1S/C18H21N3O3/c1-3-22-8-9-23-16-12-15-13(5-7-21(15)2)10-17(16)24-14-4-6-20-18(19)11-14/h4-7,10-12H,3,8-9H2,1-2H3,(H2,19,20). The third-order valence-electron chi connectivity index (χ3n) is 3.62. The Bertz CT molecular complexity index is 829. The molecule has 3 rings (SSSR count). The average molecular weight is 327 g/mol. The van der Waals surface area contributed by atoms with Gasteiger partial charge < -0.3 is 24.5 Å². The van der Waals surface area contributed by atoms with Gasteiger partial charge >= 0.3 is 0 Å². The van der Waals surface area contributed by atoms with Gasteiger partial charge in [-0.05, 0) is 25.1 Å². The number of benzene rings is 1. The second-order valence-corrected chi connectivity index (χ2v) is 5.35. The van der Waals surface area contributed by atoms with Gasteiger partial charge in [0.2, 0.25) is 0 Å². The van der Waals surface area contributed by atoms with E-state index in [-0.39, 0.29) is 0 Å². The minimum atomic E-state index is 0.409. The number of hydrogen-bond donors (Lipinski definition) is 1. The summed E-state index contributed by atoms with van der Waals surface area (Å²) in [7, 11) is 2.00. The number of aromatic nitrogens is 2. The van der Waals surface area contributed by atoms with E-state index in [4.69, 9.17) is 19.9 Å². The predicted octanol–water partition coefficient (Wildman–Crippen LogP) is 3.36. The number of anilines is 1. The molecule has 24 heavy (non-hydrogen) atoms. The fourth-order valence-electron chi connectivity index (χ4n) is 2.44. The van der Waals surface area contributed by atoms with Gasteiger partial charge in [0.15, 0.2) is 11.5 Å². The van der Waals surface area contributed by atoms with Crippen LogP contribution in [0.2, 0.25) is 0 Å². The molecule has 6 nitrogen and oxygen atoms in total. The number of hydrogen-bond acceptors (Lipinski definition) is 5. The SMILES string of the molecule is CCOCCOc1cc2c(ccn2C)cc1Oc1ccnc(N)c1. The first-order chi connectivity index (χ1) is 11.7. The molecule has 0 fully saturated rings. The lowest BCUT2D eigenvalue weighted by molar-refractivity contribution is 0.109. The Kier molecular flexibility index (Phi) is 4.86. The van der Waals surface area contributed by atoms with Gasteiger partial charge in [0.05, 0.1) is 12.1 Å². The van der Waals surface area contributed by atoms with Gasteiger partial charge in [0.1, 0.15) is 18.2 Å². The first-order valence-electron chi connectivity index (χ1n) is 7.86. The molecule has 0 amide bonds. The number of nitrogens with two attached hydrogens (primary N) is 1. The molecule has 0 aliphatic rings. The Balaban J connectivity index is 1.90. The van der Waals surface area contributed by atoms with Gasteiger partial charge in [-0.3, -0.25) is 0 Å². The van der Waals surface area contributed by atoms with Crippen LogP contribution < -0.4 is 15.2 Å². The molecule has 0 saturated heterocycles. The highest BCUT2D eigenvalue weighted by Crippen LogP contribution is 2.36. The maximum absolute atomic E-state index is 5.97. The fourth-order valence-corrected chi connectivity index (χ4v) is 2.44. The molecule has 0 bridgehead atoms. The molecule has 126 valence electrons. The van der Waals surface area contributed by atoms with E-state index in [0.29, 0.717) is 42.9 Å². The van der Waals surface area contributed by atoms with Gasteiger partial charge in [0, 0.05) is 43.6 Å². The van der Waals surface area contributed by atoms with Crippen LogP contribution in [-0.4, -0.2) is 29.4 Å². The van der Waals surface area contributed by atoms with Crippen LogP contribution in [-0.2, 0) is 11.8 Å². The van der Waals surface area contributed by atoms with E-state index in [1.54, 1.807) is 18.3 Å². The Morgan fingerprint density at radius 1 is 1.12 bits per heavy atom. The van der Waals surface area contributed by atoms with Crippen LogP contribution in [0.15, 0.2) is 42.7 Å². The van der Waals surface area contributed by atoms with Crippen molar-refractivity contribution in [1.29, 1.82) is 0 Å². The Morgan fingerprint density at radius 2 is 2.00 bits per heavy atom. The van der Waals surface area contributed by atoms with Crippen molar-refractivity contribution in [2.75, 3.05) is 25.6 Å². The molecule has 1 aromatic carbocycles. The molecule has 6 heteroatoms. The fraction of sp³-hybridized carbons (Fsp3) is 0.278. The van der Waals surface area contributed by atoms with Crippen molar-refractivity contribution in [3.63, 3.8) is 0 Å². The molecule has 0 unspecified atom stereocenters. The van der Waals surface area contributed by atoms with Crippen molar-refractivity contribution < 1.29 is 14.2 Å². The molecule has 0 aliphatic heterocycles. The van der Waals surface area contributed by atoms with Crippen LogP contribution >= 0.6 is 0 Å². The van der Waals surface area contributed by atoms with E-state index in [0.717, 1.165) is 10.9 Å². The van der Waals surface area contributed by atoms with Gasteiger partial charge in [-0.1, -0.05) is 0 Å². The number of nitrogen functional groups attached to an aromatic ring is 1. The minimum Gasteiger partial charge on any atom is -0.487 e. The molecule has 0 atom stereocenters. The molecule has 0 aliphatic carbocycles. The second kappa shape index (κ2) is 7.23. The molecule has 0 radical (unpaired) electrons. The first kappa shape index (κ1) is 16.1. The van der Waals surface area contributed by atoms with E-state index in [1.165, 1.54) is 0 Å². The summed E-state index contributed by atoms with van der Waals surface area (Å²) in [6.07, 6.45) is 3.62. The third kappa shape index (κ3) is 3.60. The van der Waals surface area contributed by atoms with Crippen molar-refractivity contribution in [1.82, 2.24) is 9.55 Å². The summed E-state index contributed by atoms with van der Waals surface area (Å²) in [5, 5.41) is 1.08. The molecule has 2 heterocycles. The Hall–Kier alpha value is -2.73. The summed E-state index contributed by atoms with van der Waals surface area (Å²) in [4.78, 5) is 3.97. The molecular formula is C18H21N3O3. The monoisotopic (exact) mass is 327 g/mol. The maximum Gasteiger partial charge on any atom is 0.170 e. The second-order valence-electron chi connectivity index (χ2n) is 5.35. The summed E-state index contributed by atoms with van der Waals surface area (Å²) >= 11 is 0. The summed E-state index contributed by atoms with van der Waals surface area (Å²) in [6.45, 7) is 3.61. The number of pyridine rings is 1. The zero-order valence-corrected chi connectivity index (χ0v) is 13.9. The topological polar surface area (TPSA) is 71.5 Å². The zero-order valence-electron chi connectivity index (χ0n) is 13.9. The van der Waals surface area contributed by atoms with Gasteiger partial charge in [-0.2, -0.15) is 0 Å². The van der Waals surface area contributed by atoms with Crippen LogP contribution in [0, 0.1) is 0 Å². The van der Waals surface area contributed by atoms with E-state index < -0.39 is 0 Å². The maximum atomic E-state index is 5.97. The van der Waals surface area contributed by atoms with Crippen LogP contribution in [0.4, 0.5) is 5.82 Å². The van der Waals surface area contributed by atoms with Crippen LogP contribution in [0.1, 0.15) is 6.92 Å². The van der Waals surface area contributed by atoms with Crippen molar-refractivity contribution in [3.8, 4) is 17.2 Å². The van der Waals surface area contributed by atoms with E-state index in [1.807, 2.05) is 42.9 Å². The predicted molar refractivity (Wildman–Crippen MR) is 93.6 cm³/mol. The highest BCUT2D eigenvalue weighted by molar-refractivity contribution is 5.84. The number of aryl methyl sites for hydroxylation is 1. The molecule has 0 spiro atoms.